The normalized spacial score (nSPS) is 11.3. The number of nitrogens with zero attached hydrogens (tertiary/aromatic N) is 3. The molecule has 0 aliphatic heterocycles. The maximum absolute atomic E-state index is 12.7. The summed E-state index contributed by atoms with van der Waals surface area (Å²) in [4.78, 5) is 11.0. The van der Waals surface area contributed by atoms with Gasteiger partial charge in [-0.15, -0.1) is 0 Å². The van der Waals surface area contributed by atoms with E-state index in [1.54, 1.807) is 0 Å². The molecule has 0 atom stereocenters. The summed E-state index contributed by atoms with van der Waals surface area (Å²) in [5, 5.41) is 2.99. The highest BCUT2D eigenvalue weighted by atomic mass is 19.4. The first kappa shape index (κ1) is 19.7. The zero-order chi connectivity index (χ0) is 20.1. The lowest BCUT2D eigenvalue weighted by Gasteiger charge is -2.23. The van der Waals surface area contributed by atoms with Crippen LogP contribution in [0.1, 0.15) is 23.7 Å². The van der Waals surface area contributed by atoms with E-state index in [4.69, 9.17) is 0 Å². The predicted molar refractivity (Wildman–Crippen MR) is 105 cm³/mol. The lowest BCUT2D eigenvalue weighted by Crippen LogP contribution is -2.23. The second kappa shape index (κ2) is 8.29. The van der Waals surface area contributed by atoms with Crippen molar-refractivity contribution in [2.75, 3.05) is 16.8 Å². The monoisotopic (exact) mass is 386 g/mol. The average molecular weight is 386 g/mol. The Morgan fingerprint density at radius 3 is 2.25 bits per heavy atom. The minimum Gasteiger partial charge on any atom is -0.352 e. The van der Waals surface area contributed by atoms with Gasteiger partial charge in [0.15, 0.2) is 0 Å². The molecule has 0 spiro atoms. The van der Waals surface area contributed by atoms with E-state index in [1.807, 2.05) is 38.1 Å². The third kappa shape index (κ3) is 5.00. The molecule has 1 aromatic heterocycles. The van der Waals surface area contributed by atoms with Gasteiger partial charge >= 0.3 is 6.18 Å². The van der Waals surface area contributed by atoms with Crippen LogP contribution in [0.2, 0.25) is 0 Å². The topological polar surface area (TPSA) is 41.1 Å². The van der Waals surface area contributed by atoms with Crippen molar-refractivity contribution in [2.45, 2.75) is 26.6 Å². The number of anilines is 3. The summed E-state index contributed by atoms with van der Waals surface area (Å²) in [6.45, 7) is 5.36. The van der Waals surface area contributed by atoms with Crippen LogP contribution in [0.25, 0.3) is 0 Å². The standard InChI is InChI=1S/C21H21F3N4/c1-3-28(14-16-7-5-4-6-8-16)19-13-15(2)25-20(27-19)26-18-11-9-17(10-12-18)21(22,23)24/h4-13H,3,14H2,1-2H3,(H,25,26,27). The van der Waals surface area contributed by atoms with Gasteiger partial charge in [0.25, 0.3) is 0 Å². The van der Waals surface area contributed by atoms with E-state index in [0.29, 0.717) is 18.2 Å². The van der Waals surface area contributed by atoms with Crippen LogP contribution in [-0.2, 0) is 12.7 Å². The number of alkyl halides is 3. The van der Waals surface area contributed by atoms with Crippen LogP contribution in [0.3, 0.4) is 0 Å². The molecule has 2 aromatic carbocycles. The van der Waals surface area contributed by atoms with Crippen molar-refractivity contribution in [3.05, 3.63) is 77.5 Å². The molecule has 0 fully saturated rings. The van der Waals surface area contributed by atoms with E-state index in [0.717, 1.165) is 35.8 Å². The second-order valence-electron chi connectivity index (χ2n) is 6.39. The molecule has 0 bridgehead atoms. The van der Waals surface area contributed by atoms with Crippen molar-refractivity contribution in [1.82, 2.24) is 9.97 Å². The zero-order valence-corrected chi connectivity index (χ0v) is 15.7. The van der Waals surface area contributed by atoms with Crippen LogP contribution in [0.4, 0.5) is 30.6 Å². The van der Waals surface area contributed by atoms with Gasteiger partial charge in [0.2, 0.25) is 5.95 Å². The highest BCUT2D eigenvalue weighted by Gasteiger charge is 2.29. The number of rotatable bonds is 6. The summed E-state index contributed by atoms with van der Waals surface area (Å²) in [7, 11) is 0. The lowest BCUT2D eigenvalue weighted by molar-refractivity contribution is -0.137. The van der Waals surface area contributed by atoms with Crippen LogP contribution in [0.15, 0.2) is 60.7 Å². The number of halogens is 3. The fraction of sp³-hybridized carbons (Fsp3) is 0.238. The minimum atomic E-state index is -4.36. The van der Waals surface area contributed by atoms with Crippen molar-refractivity contribution >= 4 is 17.5 Å². The Bertz CT molecular complexity index is 909. The highest BCUT2D eigenvalue weighted by Crippen LogP contribution is 2.30. The number of aromatic nitrogens is 2. The molecule has 3 aromatic rings. The number of benzene rings is 2. The van der Waals surface area contributed by atoms with Crippen molar-refractivity contribution in [2.24, 2.45) is 0 Å². The van der Waals surface area contributed by atoms with E-state index in [9.17, 15) is 13.2 Å². The van der Waals surface area contributed by atoms with Crippen LogP contribution >= 0.6 is 0 Å². The first-order valence-electron chi connectivity index (χ1n) is 8.94. The second-order valence-corrected chi connectivity index (χ2v) is 6.39. The Balaban J connectivity index is 1.80. The number of aryl methyl sites for hydroxylation is 1. The summed E-state index contributed by atoms with van der Waals surface area (Å²) >= 11 is 0. The first-order chi connectivity index (χ1) is 13.3. The first-order valence-corrected chi connectivity index (χ1v) is 8.94. The number of hydrogen-bond donors (Lipinski definition) is 1. The Morgan fingerprint density at radius 2 is 1.64 bits per heavy atom. The molecule has 1 heterocycles. The van der Waals surface area contributed by atoms with E-state index < -0.39 is 11.7 Å². The zero-order valence-electron chi connectivity index (χ0n) is 15.7. The third-order valence-electron chi connectivity index (χ3n) is 4.23. The Labute approximate surface area is 162 Å². The molecule has 4 nitrogen and oxygen atoms in total. The van der Waals surface area contributed by atoms with E-state index in [2.05, 4.69) is 32.3 Å². The van der Waals surface area contributed by atoms with Crippen molar-refractivity contribution in [3.63, 3.8) is 0 Å². The van der Waals surface area contributed by atoms with Gasteiger partial charge in [-0.3, -0.25) is 0 Å². The molecule has 1 N–H and O–H groups in total. The molecular weight excluding hydrogens is 365 g/mol. The molecule has 3 rings (SSSR count). The molecule has 0 saturated heterocycles. The van der Waals surface area contributed by atoms with Crippen LogP contribution in [0, 0.1) is 6.92 Å². The summed E-state index contributed by atoms with van der Waals surface area (Å²) in [6.07, 6.45) is -4.36. The molecule has 0 saturated carbocycles. The lowest BCUT2D eigenvalue weighted by atomic mass is 10.2. The fourth-order valence-electron chi connectivity index (χ4n) is 2.80. The Hall–Kier alpha value is -3.09. The summed E-state index contributed by atoms with van der Waals surface area (Å²) < 4.78 is 38.1. The summed E-state index contributed by atoms with van der Waals surface area (Å²) in [5.74, 6) is 1.11. The van der Waals surface area contributed by atoms with E-state index in [1.165, 1.54) is 12.1 Å². The van der Waals surface area contributed by atoms with Gasteiger partial charge in [0.05, 0.1) is 5.56 Å². The quantitative estimate of drug-likeness (QED) is 0.601. The van der Waals surface area contributed by atoms with Gasteiger partial charge in [-0.1, -0.05) is 30.3 Å². The maximum Gasteiger partial charge on any atom is 0.416 e. The van der Waals surface area contributed by atoms with Crippen LogP contribution in [-0.4, -0.2) is 16.5 Å². The minimum absolute atomic E-state index is 0.348. The van der Waals surface area contributed by atoms with E-state index in [-0.39, 0.29) is 0 Å². The molecule has 0 unspecified atom stereocenters. The molecule has 0 radical (unpaired) electrons. The molecular formula is C21H21F3N4. The van der Waals surface area contributed by atoms with Crippen molar-refractivity contribution in [1.29, 1.82) is 0 Å². The van der Waals surface area contributed by atoms with E-state index >= 15 is 0 Å². The number of hydrogen-bond acceptors (Lipinski definition) is 4. The van der Waals surface area contributed by atoms with Crippen LogP contribution in [0.5, 0.6) is 0 Å². The smallest absolute Gasteiger partial charge is 0.352 e. The average Bonchev–Trinajstić information content (AvgIpc) is 2.66. The van der Waals surface area contributed by atoms with Gasteiger partial charge in [-0.25, -0.2) is 4.98 Å². The van der Waals surface area contributed by atoms with Gasteiger partial charge in [0.1, 0.15) is 5.82 Å². The Morgan fingerprint density at radius 1 is 0.964 bits per heavy atom. The summed E-state index contributed by atoms with van der Waals surface area (Å²) in [6, 6.07) is 16.8. The fourth-order valence-corrected chi connectivity index (χ4v) is 2.80. The Kier molecular flexibility index (Phi) is 5.82. The van der Waals surface area contributed by atoms with Gasteiger partial charge in [-0.2, -0.15) is 18.2 Å². The van der Waals surface area contributed by atoms with Crippen LogP contribution < -0.4 is 10.2 Å². The number of nitrogens with one attached hydrogen (secondary N) is 1. The predicted octanol–water partition coefficient (Wildman–Crippen LogP) is 5.57. The highest BCUT2D eigenvalue weighted by molar-refractivity contribution is 5.56. The van der Waals surface area contributed by atoms with Crippen molar-refractivity contribution in [3.8, 4) is 0 Å². The van der Waals surface area contributed by atoms with Crippen molar-refractivity contribution < 1.29 is 13.2 Å². The third-order valence-corrected chi connectivity index (χ3v) is 4.23. The summed E-state index contributed by atoms with van der Waals surface area (Å²) in [5.41, 5.74) is 1.74. The molecule has 7 heteroatoms. The van der Waals surface area contributed by atoms with Gasteiger partial charge in [-0.05, 0) is 43.7 Å². The van der Waals surface area contributed by atoms with Gasteiger partial charge in [0, 0.05) is 30.5 Å². The molecule has 146 valence electrons. The largest absolute Gasteiger partial charge is 0.416 e. The molecule has 28 heavy (non-hydrogen) atoms. The molecule has 0 aliphatic rings. The SMILES string of the molecule is CCN(Cc1ccccc1)c1cc(C)nc(Nc2ccc(C(F)(F)F)cc2)n1. The molecule has 0 aliphatic carbocycles. The van der Waals surface area contributed by atoms with Gasteiger partial charge < -0.3 is 10.2 Å². The maximum atomic E-state index is 12.7. The molecule has 0 amide bonds.